The Kier molecular flexibility index (Phi) is 6.08. The number of thiophene rings is 1. The van der Waals surface area contributed by atoms with E-state index in [1.54, 1.807) is 59.7 Å². The van der Waals surface area contributed by atoms with E-state index in [9.17, 15) is 9.59 Å². The van der Waals surface area contributed by atoms with Crippen LogP contribution in [0, 0.1) is 6.92 Å². The lowest BCUT2D eigenvalue weighted by Gasteiger charge is -2.19. The van der Waals surface area contributed by atoms with E-state index in [-0.39, 0.29) is 11.8 Å². The molecular formula is C21H19BrN2O2S. The zero-order valence-electron chi connectivity index (χ0n) is 15.0. The van der Waals surface area contributed by atoms with Crippen molar-refractivity contribution in [2.45, 2.75) is 13.5 Å². The predicted molar refractivity (Wildman–Crippen MR) is 113 cm³/mol. The Bertz CT molecular complexity index is 984. The van der Waals surface area contributed by atoms with E-state index in [0.717, 1.165) is 4.88 Å². The molecule has 27 heavy (non-hydrogen) atoms. The molecule has 0 saturated carbocycles. The lowest BCUT2D eigenvalue weighted by Crippen LogP contribution is -2.27. The molecule has 138 valence electrons. The first-order valence-corrected chi connectivity index (χ1v) is 10.1. The highest BCUT2D eigenvalue weighted by Crippen LogP contribution is 2.23. The van der Waals surface area contributed by atoms with E-state index in [4.69, 9.17) is 0 Å². The number of benzene rings is 2. The van der Waals surface area contributed by atoms with Gasteiger partial charge in [-0.15, -0.1) is 11.3 Å². The Hall–Kier alpha value is -2.44. The summed E-state index contributed by atoms with van der Waals surface area (Å²) in [6.07, 6.45) is 0. The minimum atomic E-state index is -0.264. The van der Waals surface area contributed by atoms with Gasteiger partial charge < -0.3 is 10.2 Å². The minimum Gasteiger partial charge on any atom is -0.336 e. The largest absolute Gasteiger partial charge is 0.336 e. The van der Waals surface area contributed by atoms with E-state index in [1.165, 1.54) is 5.56 Å². The van der Waals surface area contributed by atoms with Crippen LogP contribution < -0.4 is 5.32 Å². The standard InChI is InChI=1S/C21H19BrN2O2S/c1-14-11-12-27-19(14)13-24(2)21(26)16-8-4-6-10-18(16)23-20(25)15-7-3-5-9-17(15)22/h3-12H,13H2,1-2H3,(H,23,25). The Morgan fingerprint density at radius 3 is 2.37 bits per heavy atom. The highest BCUT2D eigenvalue weighted by Gasteiger charge is 2.19. The van der Waals surface area contributed by atoms with Gasteiger partial charge in [0.15, 0.2) is 0 Å². The summed E-state index contributed by atoms with van der Waals surface area (Å²) >= 11 is 5.02. The Balaban J connectivity index is 1.81. The molecule has 0 fully saturated rings. The van der Waals surface area contributed by atoms with Gasteiger partial charge in [0.1, 0.15) is 0 Å². The Labute approximate surface area is 171 Å². The van der Waals surface area contributed by atoms with Gasteiger partial charge in [-0.05, 0) is 64.1 Å². The zero-order chi connectivity index (χ0) is 19.4. The van der Waals surface area contributed by atoms with Gasteiger partial charge in [-0.1, -0.05) is 24.3 Å². The highest BCUT2D eigenvalue weighted by atomic mass is 79.9. The fraction of sp³-hybridized carbons (Fsp3) is 0.143. The van der Waals surface area contributed by atoms with Crippen molar-refractivity contribution in [3.63, 3.8) is 0 Å². The highest BCUT2D eigenvalue weighted by molar-refractivity contribution is 9.10. The first kappa shape index (κ1) is 19.3. The third-order valence-electron chi connectivity index (χ3n) is 4.22. The van der Waals surface area contributed by atoms with Gasteiger partial charge in [0.2, 0.25) is 0 Å². The van der Waals surface area contributed by atoms with Crippen LogP contribution >= 0.6 is 27.3 Å². The Morgan fingerprint density at radius 1 is 1.04 bits per heavy atom. The first-order chi connectivity index (χ1) is 13.0. The smallest absolute Gasteiger partial charge is 0.256 e. The second-order valence-corrected chi connectivity index (χ2v) is 8.02. The summed E-state index contributed by atoms with van der Waals surface area (Å²) in [5.74, 6) is -0.398. The fourth-order valence-corrected chi connectivity index (χ4v) is 4.10. The van der Waals surface area contributed by atoms with Crippen LogP contribution in [-0.4, -0.2) is 23.8 Å². The van der Waals surface area contributed by atoms with E-state index >= 15 is 0 Å². The van der Waals surface area contributed by atoms with E-state index < -0.39 is 0 Å². The molecule has 0 saturated heterocycles. The molecule has 0 unspecified atom stereocenters. The maximum Gasteiger partial charge on any atom is 0.256 e. The van der Waals surface area contributed by atoms with Crippen molar-refractivity contribution < 1.29 is 9.59 Å². The maximum absolute atomic E-state index is 13.0. The number of anilines is 1. The van der Waals surface area contributed by atoms with Crippen molar-refractivity contribution in [1.29, 1.82) is 0 Å². The number of nitrogens with one attached hydrogen (secondary N) is 1. The van der Waals surface area contributed by atoms with E-state index in [2.05, 4.69) is 21.2 Å². The molecule has 1 aromatic heterocycles. The number of nitrogens with zero attached hydrogens (tertiary/aromatic N) is 1. The molecule has 2 amide bonds. The molecule has 0 aliphatic carbocycles. The molecule has 0 atom stereocenters. The van der Waals surface area contributed by atoms with Crippen LogP contribution in [0.5, 0.6) is 0 Å². The fourth-order valence-electron chi connectivity index (χ4n) is 2.67. The van der Waals surface area contributed by atoms with Crippen molar-refractivity contribution >= 4 is 44.8 Å². The molecular weight excluding hydrogens is 424 g/mol. The van der Waals surface area contributed by atoms with Gasteiger partial charge in [0, 0.05) is 16.4 Å². The van der Waals surface area contributed by atoms with Crippen LogP contribution in [0.4, 0.5) is 5.69 Å². The lowest BCUT2D eigenvalue weighted by atomic mass is 10.1. The van der Waals surface area contributed by atoms with Crippen LogP contribution in [0.15, 0.2) is 64.5 Å². The molecule has 1 N–H and O–H groups in total. The van der Waals surface area contributed by atoms with Gasteiger partial charge in [0.05, 0.1) is 23.4 Å². The molecule has 6 heteroatoms. The molecule has 2 aromatic carbocycles. The van der Waals surface area contributed by atoms with Crippen molar-refractivity contribution in [2.75, 3.05) is 12.4 Å². The third kappa shape index (κ3) is 4.46. The number of carbonyl (C=O) groups excluding carboxylic acids is 2. The Morgan fingerprint density at radius 2 is 1.70 bits per heavy atom. The number of carbonyl (C=O) groups is 2. The predicted octanol–water partition coefficient (Wildman–Crippen LogP) is 5.34. The molecule has 0 spiro atoms. The van der Waals surface area contributed by atoms with Crippen molar-refractivity contribution in [3.05, 3.63) is 86.0 Å². The molecule has 1 heterocycles. The normalized spacial score (nSPS) is 10.5. The van der Waals surface area contributed by atoms with E-state index in [0.29, 0.717) is 27.8 Å². The van der Waals surface area contributed by atoms with Crippen molar-refractivity contribution in [2.24, 2.45) is 0 Å². The second kappa shape index (κ2) is 8.50. The molecule has 0 aliphatic rings. The van der Waals surface area contributed by atoms with Crippen LogP contribution in [0.1, 0.15) is 31.2 Å². The van der Waals surface area contributed by atoms with Gasteiger partial charge in [-0.25, -0.2) is 0 Å². The summed E-state index contributed by atoms with van der Waals surface area (Å²) in [7, 11) is 1.77. The molecule has 3 rings (SSSR count). The quantitative estimate of drug-likeness (QED) is 0.579. The van der Waals surface area contributed by atoms with Gasteiger partial charge in [0.25, 0.3) is 11.8 Å². The average Bonchev–Trinajstić information content (AvgIpc) is 3.06. The molecule has 0 aliphatic heterocycles. The summed E-state index contributed by atoms with van der Waals surface area (Å²) in [5.41, 5.74) is 2.66. The number of halogens is 1. The number of hydrogen-bond donors (Lipinski definition) is 1. The monoisotopic (exact) mass is 442 g/mol. The molecule has 4 nitrogen and oxygen atoms in total. The SMILES string of the molecule is Cc1ccsc1CN(C)C(=O)c1ccccc1NC(=O)c1ccccc1Br. The van der Waals surface area contributed by atoms with Crippen molar-refractivity contribution in [3.8, 4) is 0 Å². The number of hydrogen-bond acceptors (Lipinski definition) is 3. The number of aryl methyl sites for hydroxylation is 1. The lowest BCUT2D eigenvalue weighted by molar-refractivity contribution is 0.0787. The summed E-state index contributed by atoms with van der Waals surface area (Å²) in [4.78, 5) is 28.4. The number of para-hydroxylation sites is 1. The summed E-state index contributed by atoms with van der Waals surface area (Å²) in [6, 6.07) is 16.3. The van der Waals surface area contributed by atoms with E-state index in [1.807, 2.05) is 30.5 Å². The van der Waals surface area contributed by atoms with Gasteiger partial charge in [-0.2, -0.15) is 0 Å². The molecule has 3 aromatic rings. The summed E-state index contributed by atoms with van der Waals surface area (Å²) < 4.78 is 0.705. The second-order valence-electron chi connectivity index (χ2n) is 6.17. The third-order valence-corrected chi connectivity index (χ3v) is 5.92. The van der Waals surface area contributed by atoms with Crippen LogP contribution in [0.25, 0.3) is 0 Å². The topological polar surface area (TPSA) is 49.4 Å². The zero-order valence-corrected chi connectivity index (χ0v) is 17.4. The van der Waals surface area contributed by atoms with Crippen LogP contribution in [0.3, 0.4) is 0 Å². The minimum absolute atomic E-state index is 0.133. The summed E-state index contributed by atoms with van der Waals surface area (Å²) in [6.45, 7) is 2.57. The summed E-state index contributed by atoms with van der Waals surface area (Å²) in [5, 5.41) is 4.88. The average molecular weight is 443 g/mol. The number of rotatable bonds is 5. The van der Waals surface area contributed by atoms with Crippen molar-refractivity contribution in [1.82, 2.24) is 4.90 Å². The first-order valence-electron chi connectivity index (χ1n) is 8.40. The molecule has 0 bridgehead atoms. The van der Waals surface area contributed by atoms with Crippen LogP contribution in [0.2, 0.25) is 0 Å². The van der Waals surface area contributed by atoms with Crippen LogP contribution in [-0.2, 0) is 6.54 Å². The van der Waals surface area contributed by atoms with Gasteiger partial charge >= 0.3 is 0 Å². The van der Waals surface area contributed by atoms with Gasteiger partial charge in [-0.3, -0.25) is 9.59 Å². The maximum atomic E-state index is 13.0. The number of amides is 2. The molecule has 0 radical (unpaired) electrons.